The molecule has 3 aliphatic heterocycles. The third-order valence-electron chi connectivity index (χ3n) is 7.88. The fourth-order valence-electron chi connectivity index (χ4n) is 5.62. The zero-order valence-corrected chi connectivity index (χ0v) is 30.6. The molecule has 5 rings (SSSR count). The highest BCUT2D eigenvalue weighted by molar-refractivity contribution is 5.69. The fourth-order valence-corrected chi connectivity index (χ4v) is 5.62. The molecular formula is C35H56F2N8O4. The van der Waals surface area contributed by atoms with E-state index in [2.05, 4.69) is 44.2 Å². The predicted molar refractivity (Wildman–Crippen MR) is 188 cm³/mol. The maximum atomic E-state index is 13.2. The van der Waals surface area contributed by atoms with Gasteiger partial charge in [0, 0.05) is 113 Å². The van der Waals surface area contributed by atoms with Crippen molar-refractivity contribution < 1.29 is 27.8 Å². The summed E-state index contributed by atoms with van der Waals surface area (Å²) in [5.41, 5.74) is 0.821. The average molecular weight is 691 g/mol. The van der Waals surface area contributed by atoms with Gasteiger partial charge >= 0.3 is 12.2 Å². The molecule has 3 saturated heterocycles. The van der Waals surface area contributed by atoms with Crippen molar-refractivity contribution in [3.8, 4) is 0 Å². The van der Waals surface area contributed by atoms with Crippen molar-refractivity contribution in [1.82, 2.24) is 30.4 Å². The number of hydrogen-bond donors (Lipinski definition) is 2. The van der Waals surface area contributed by atoms with E-state index in [1.807, 2.05) is 54.5 Å². The Morgan fingerprint density at radius 2 is 1.24 bits per heavy atom. The molecule has 0 aliphatic carbocycles. The maximum absolute atomic E-state index is 13.2. The van der Waals surface area contributed by atoms with Crippen molar-refractivity contribution in [2.45, 2.75) is 91.6 Å². The summed E-state index contributed by atoms with van der Waals surface area (Å²) < 4.78 is 36.8. The van der Waals surface area contributed by atoms with Crippen molar-refractivity contribution in [2.75, 3.05) is 68.7 Å². The van der Waals surface area contributed by atoms with Gasteiger partial charge in [-0.3, -0.25) is 0 Å². The standard InChI is InChI=1S/C15H22FN3O2.C10H14FN3.C10H20N2O2/c1-11-10-18(14(20)21-15(2,3)4)7-8-19(11)12-5-6-17-13(16)9-12;1-8-7-12-4-5-14(8)9-2-3-13-10(11)6-9;1-8-7-12(6-5-11-8)9(13)14-10(2,3)4/h5-6,9,11H,7-8,10H2,1-4H3;2-3,6,8,12H,4-5,7H2,1H3;8,11H,5-7H2,1-4H3/t11-;2*8-/m111/s1. The van der Waals surface area contributed by atoms with Crippen LogP contribution in [0.5, 0.6) is 0 Å². The van der Waals surface area contributed by atoms with Gasteiger partial charge in [0.25, 0.3) is 0 Å². The van der Waals surface area contributed by atoms with Crippen molar-refractivity contribution in [3.63, 3.8) is 0 Å². The molecule has 0 saturated carbocycles. The quantitative estimate of drug-likeness (QED) is 0.422. The first-order valence-corrected chi connectivity index (χ1v) is 17.1. The molecule has 0 spiro atoms. The van der Waals surface area contributed by atoms with Gasteiger partial charge in [0.2, 0.25) is 11.9 Å². The van der Waals surface area contributed by atoms with Crippen LogP contribution in [0.4, 0.5) is 29.7 Å². The van der Waals surface area contributed by atoms with Gasteiger partial charge < -0.3 is 39.7 Å². The van der Waals surface area contributed by atoms with Crippen LogP contribution < -0.4 is 20.4 Å². The van der Waals surface area contributed by atoms with E-state index in [-0.39, 0.29) is 18.2 Å². The lowest BCUT2D eigenvalue weighted by molar-refractivity contribution is 0.0197. The molecule has 12 nitrogen and oxygen atoms in total. The molecule has 3 fully saturated rings. The highest BCUT2D eigenvalue weighted by Gasteiger charge is 2.30. The van der Waals surface area contributed by atoms with E-state index in [0.717, 1.165) is 50.6 Å². The molecule has 2 amide bonds. The molecule has 2 aromatic rings. The molecular weight excluding hydrogens is 634 g/mol. The summed E-state index contributed by atoms with van der Waals surface area (Å²) in [6.07, 6.45) is 2.47. The summed E-state index contributed by atoms with van der Waals surface area (Å²) in [4.78, 5) is 38.5. The Kier molecular flexibility index (Phi) is 14.4. The second kappa shape index (κ2) is 17.7. The van der Waals surface area contributed by atoms with Crippen LogP contribution in [-0.2, 0) is 9.47 Å². The minimum atomic E-state index is -0.494. The molecule has 5 heterocycles. The van der Waals surface area contributed by atoms with Crippen LogP contribution in [0.2, 0.25) is 0 Å². The molecule has 2 aromatic heterocycles. The number of nitrogens with one attached hydrogen (secondary N) is 2. The molecule has 0 radical (unpaired) electrons. The van der Waals surface area contributed by atoms with E-state index in [1.54, 1.807) is 15.9 Å². The zero-order valence-electron chi connectivity index (χ0n) is 30.6. The first-order valence-electron chi connectivity index (χ1n) is 17.1. The Labute approximate surface area is 290 Å². The van der Waals surface area contributed by atoms with Gasteiger partial charge in [-0.25, -0.2) is 19.6 Å². The summed E-state index contributed by atoms with van der Waals surface area (Å²) in [6.45, 7) is 24.3. The maximum Gasteiger partial charge on any atom is 0.410 e. The number of carbonyl (C=O) groups is 2. The largest absolute Gasteiger partial charge is 0.444 e. The summed E-state index contributed by atoms with van der Waals surface area (Å²) in [5, 5.41) is 6.58. The Balaban J connectivity index is 0.000000206. The summed E-state index contributed by atoms with van der Waals surface area (Å²) >= 11 is 0. The van der Waals surface area contributed by atoms with Crippen LogP contribution in [0, 0.1) is 11.9 Å². The molecule has 49 heavy (non-hydrogen) atoms. The highest BCUT2D eigenvalue weighted by Crippen LogP contribution is 2.22. The van der Waals surface area contributed by atoms with Crippen LogP contribution in [-0.4, -0.2) is 120 Å². The normalized spacial score (nSPS) is 21.5. The monoisotopic (exact) mass is 690 g/mol. The number of ether oxygens (including phenoxy) is 2. The number of hydrogen-bond acceptors (Lipinski definition) is 10. The Morgan fingerprint density at radius 3 is 1.69 bits per heavy atom. The van der Waals surface area contributed by atoms with Gasteiger partial charge in [0.15, 0.2) is 0 Å². The number of nitrogens with zero attached hydrogens (tertiary/aromatic N) is 6. The topological polar surface area (TPSA) is 115 Å². The average Bonchev–Trinajstić information content (AvgIpc) is 3.00. The number of pyridine rings is 2. The van der Waals surface area contributed by atoms with Crippen molar-refractivity contribution in [2.24, 2.45) is 0 Å². The van der Waals surface area contributed by atoms with Crippen molar-refractivity contribution >= 4 is 23.6 Å². The molecule has 274 valence electrons. The fraction of sp³-hybridized carbons (Fsp3) is 0.657. The van der Waals surface area contributed by atoms with Gasteiger partial charge in [0.1, 0.15) is 11.2 Å². The van der Waals surface area contributed by atoms with E-state index in [4.69, 9.17) is 9.47 Å². The van der Waals surface area contributed by atoms with E-state index < -0.39 is 23.1 Å². The third kappa shape index (κ3) is 13.6. The highest BCUT2D eigenvalue weighted by atomic mass is 19.1. The van der Waals surface area contributed by atoms with Crippen LogP contribution in [0.3, 0.4) is 0 Å². The minimum Gasteiger partial charge on any atom is -0.444 e. The molecule has 0 aromatic carbocycles. The van der Waals surface area contributed by atoms with Crippen LogP contribution in [0.25, 0.3) is 0 Å². The number of amides is 2. The smallest absolute Gasteiger partial charge is 0.410 e. The van der Waals surface area contributed by atoms with Gasteiger partial charge in [-0.05, 0) is 74.4 Å². The summed E-state index contributed by atoms with van der Waals surface area (Å²) in [6, 6.07) is 7.39. The molecule has 3 atom stereocenters. The van der Waals surface area contributed by atoms with Crippen LogP contribution in [0.15, 0.2) is 36.7 Å². The van der Waals surface area contributed by atoms with E-state index in [0.29, 0.717) is 31.7 Å². The number of rotatable bonds is 2. The molecule has 0 bridgehead atoms. The lowest BCUT2D eigenvalue weighted by atomic mass is 10.1. The van der Waals surface area contributed by atoms with Crippen molar-refractivity contribution in [1.29, 1.82) is 0 Å². The van der Waals surface area contributed by atoms with Crippen molar-refractivity contribution in [3.05, 3.63) is 48.6 Å². The number of anilines is 2. The molecule has 2 N–H and O–H groups in total. The zero-order chi connectivity index (χ0) is 36.4. The lowest BCUT2D eigenvalue weighted by Gasteiger charge is -2.41. The Bertz CT molecular complexity index is 1360. The van der Waals surface area contributed by atoms with Crippen LogP contribution >= 0.6 is 0 Å². The summed E-state index contributed by atoms with van der Waals surface area (Å²) in [7, 11) is 0. The summed E-state index contributed by atoms with van der Waals surface area (Å²) in [5.74, 6) is -0.900. The van der Waals surface area contributed by atoms with Gasteiger partial charge in [0.05, 0.1) is 0 Å². The Hall–Kier alpha value is -3.78. The molecule has 14 heteroatoms. The first kappa shape index (κ1) is 39.7. The lowest BCUT2D eigenvalue weighted by Crippen LogP contribution is -2.54. The van der Waals surface area contributed by atoms with Gasteiger partial charge in [-0.15, -0.1) is 0 Å². The minimum absolute atomic E-state index is 0.0908. The number of aromatic nitrogens is 2. The van der Waals surface area contributed by atoms with E-state index >= 15 is 0 Å². The number of halogens is 2. The molecule has 3 aliphatic rings. The second-order valence-electron chi connectivity index (χ2n) is 14.7. The number of piperazine rings is 3. The van der Waals surface area contributed by atoms with Gasteiger partial charge in [-0.1, -0.05) is 0 Å². The predicted octanol–water partition coefficient (Wildman–Crippen LogP) is 4.90. The Morgan fingerprint density at radius 1 is 0.735 bits per heavy atom. The first-order chi connectivity index (χ1) is 22.9. The van der Waals surface area contributed by atoms with Crippen LogP contribution in [0.1, 0.15) is 62.3 Å². The molecule has 0 unspecified atom stereocenters. The van der Waals surface area contributed by atoms with E-state index in [1.165, 1.54) is 24.5 Å². The SMILES string of the molecule is C[C@@H]1CN(C(=O)OC(C)(C)C)CCN1.C[C@@H]1CN(C(=O)OC(C)(C)C)CCN1c1ccnc(F)c1.C[C@@H]1CNCCN1c1ccnc(F)c1. The van der Waals surface area contributed by atoms with E-state index in [9.17, 15) is 18.4 Å². The number of carbonyl (C=O) groups excluding carboxylic acids is 2. The second-order valence-corrected chi connectivity index (χ2v) is 14.7. The third-order valence-corrected chi connectivity index (χ3v) is 7.88. The van der Waals surface area contributed by atoms with Gasteiger partial charge in [-0.2, -0.15) is 8.78 Å².